The minimum absolute atomic E-state index is 0.0426. The van der Waals surface area contributed by atoms with E-state index in [1.54, 1.807) is 18.7 Å². The molecule has 1 atom stereocenters. The molecule has 130 valence electrons. The van der Waals surface area contributed by atoms with E-state index in [1.807, 2.05) is 23.6 Å². The first-order valence-electron chi connectivity index (χ1n) is 8.70. The molecule has 6 heteroatoms. The largest absolute Gasteiger partial charge is 0.408 e. The average Bonchev–Trinajstić information content (AvgIpc) is 3.01. The Balaban J connectivity index is 2.35. The monoisotopic (exact) mass is 344 g/mol. The predicted molar refractivity (Wildman–Crippen MR) is 99.7 cm³/mol. The molecule has 0 N–H and O–H groups in total. The number of aromatic nitrogens is 4. The summed E-state index contributed by atoms with van der Waals surface area (Å²) in [6, 6.07) is 5.17. The summed E-state index contributed by atoms with van der Waals surface area (Å²) in [7, 11) is -1.72. The maximum absolute atomic E-state index is 6.69. The highest BCUT2D eigenvalue weighted by molar-refractivity contribution is 6.73. The summed E-state index contributed by atoms with van der Waals surface area (Å²) in [5, 5.41) is 0. The van der Waals surface area contributed by atoms with Gasteiger partial charge in [0, 0.05) is 18.1 Å². The second-order valence-electron chi connectivity index (χ2n) is 6.01. The van der Waals surface area contributed by atoms with Crippen LogP contribution in [0.4, 0.5) is 0 Å². The Morgan fingerprint density at radius 2 is 1.79 bits per heavy atom. The number of hydrogen-bond donors (Lipinski definition) is 0. The Labute approximate surface area is 146 Å². The first-order chi connectivity index (χ1) is 11.6. The van der Waals surface area contributed by atoms with Crippen molar-refractivity contribution in [3.05, 3.63) is 48.8 Å². The van der Waals surface area contributed by atoms with Gasteiger partial charge in [0.2, 0.25) is 5.95 Å². The van der Waals surface area contributed by atoms with Crippen molar-refractivity contribution >= 4 is 8.32 Å². The van der Waals surface area contributed by atoms with Crippen LogP contribution in [0, 0.1) is 6.92 Å². The van der Waals surface area contributed by atoms with Crippen LogP contribution in [-0.4, -0.2) is 27.8 Å². The van der Waals surface area contributed by atoms with Crippen LogP contribution in [0.2, 0.25) is 18.1 Å². The smallest absolute Gasteiger partial charge is 0.235 e. The molecule has 0 aliphatic carbocycles. The van der Waals surface area contributed by atoms with E-state index >= 15 is 0 Å². The summed E-state index contributed by atoms with van der Waals surface area (Å²) in [6.45, 7) is 12.7. The van der Waals surface area contributed by atoms with Gasteiger partial charge in [-0.25, -0.2) is 15.0 Å². The van der Waals surface area contributed by atoms with Gasteiger partial charge in [-0.15, -0.1) is 6.58 Å². The summed E-state index contributed by atoms with van der Waals surface area (Å²) in [5.41, 5.74) is 1.99. The maximum Gasteiger partial charge on any atom is 0.235 e. The highest BCUT2D eigenvalue weighted by atomic mass is 28.4. The van der Waals surface area contributed by atoms with E-state index in [9.17, 15) is 0 Å². The molecule has 0 bridgehead atoms. The van der Waals surface area contributed by atoms with Crippen LogP contribution in [0.15, 0.2) is 37.4 Å². The van der Waals surface area contributed by atoms with Gasteiger partial charge in [0.1, 0.15) is 6.33 Å². The Hall–Kier alpha value is -1.79. The van der Waals surface area contributed by atoms with Crippen molar-refractivity contribution in [1.82, 2.24) is 19.5 Å². The molecule has 0 aliphatic heterocycles. The van der Waals surface area contributed by atoms with Crippen molar-refractivity contribution in [2.24, 2.45) is 0 Å². The van der Waals surface area contributed by atoms with Crippen LogP contribution in [0.3, 0.4) is 0 Å². The van der Waals surface area contributed by atoms with Crippen LogP contribution >= 0.6 is 0 Å². The van der Waals surface area contributed by atoms with Crippen molar-refractivity contribution in [2.75, 3.05) is 0 Å². The molecule has 0 amide bonds. The molecule has 0 radical (unpaired) electrons. The second kappa shape index (κ2) is 8.35. The third-order valence-electron chi connectivity index (χ3n) is 4.82. The van der Waals surface area contributed by atoms with Gasteiger partial charge < -0.3 is 4.43 Å². The molecule has 2 aromatic rings. The number of rotatable bonds is 9. The molecule has 1 unspecified atom stereocenters. The molecule has 0 saturated heterocycles. The molecule has 5 nitrogen and oxygen atoms in total. The average molecular weight is 345 g/mol. The summed E-state index contributed by atoms with van der Waals surface area (Å²) >= 11 is 0. The summed E-state index contributed by atoms with van der Waals surface area (Å²) in [5.74, 6) is 0.635. The predicted octanol–water partition coefficient (Wildman–Crippen LogP) is 4.61. The van der Waals surface area contributed by atoms with E-state index in [-0.39, 0.29) is 6.10 Å². The first-order valence-corrected chi connectivity index (χ1v) is 11.2. The fourth-order valence-corrected chi connectivity index (χ4v) is 5.84. The summed E-state index contributed by atoms with van der Waals surface area (Å²) < 4.78 is 8.61. The second-order valence-corrected chi connectivity index (χ2v) is 10.7. The topological polar surface area (TPSA) is 52.8 Å². The molecule has 0 fully saturated rings. The van der Waals surface area contributed by atoms with Crippen LogP contribution in [0.1, 0.15) is 44.7 Å². The van der Waals surface area contributed by atoms with E-state index in [4.69, 9.17) is 4.43 Å². The van der Waals surface area contributed by atoms with Gasteiger partial charge in [0.25, 0.3) is 0 Å². The molecule has 0 spiro atoms. The Morgan fingerprint density at radius 3 is 2.33 bits per heavy atom. The lowest BCUT2D eigenvalue weighted by Gasteiger charge is -2.32. The lowest BCUT2D eigenvalue weighted by atomic mass is 10.1. The van der Waals surface area contributed by atoms with Crippen molar-refractivity contribution in [3.63, 3.8) is 0 Å². The Bertz CT molecular complexity index is 644. The van der Waals surface area contributed by atoms with Gasteiger partial charge >= 0.3 is 0 Å². The van der Waals surface area contributed by atoms with Crippen LogP contribution in [0.25, 0.3) is 5.95 Å². The minimum Gasteiger partial charge on any atom is -0.408 e. The van der Waals surface area contributed by atoms with Crippen LogP contribution in [-0.2, 0) is 4.43 Å². The quantitative estimate of drug-likeness (QED) is 0.492. The third kappa shape index (κ3) is 3.81. The summed E-state index contributed by atoms with van der Waals surface area (Å²) in [4.78, 5) is 13.3. The van der Waals surface area contributed by atoms with Crippen LogP contribution in [0.5, 0.6) is 0 Å². The van der Waals surface area contributed by atoms with Crippen molar-refractivity contribution in [1.29, 1.82) is 0 Å². The van der Waals surface area contributed by atoms with Gasteiger partial charge in [0.15, 0.2) is 8.32 Å². The van der Waals surface area contributed by atoms with Gasteiger partial charge in [-0.1, -0.05) is 26.8 Å². The fourth-order valence-electron chi connectivity index (χ4n) is 3.03. The van der Waals surface area contributed by atoms with Crippen molar-refractivity contribution in [2.45, 2.75) is 58.4 Å². The molecule has 0 saturated carbocycles. The molecule has 0 aromatic carbocycles. The normalized spacial score (nSPS) is 13.0. The molecule has 2 aromatic heterocycles. The lowest BCUT2D eigenvalue weighted by molar-refractivity contribution is 0.188. The molecule has 24 heavy (non-hydrogen) atoms. The first kappa shape index (κ1) is 18.5. The standard InChI is InChI=1S/C18H28N4OSi/c1-6-11-16(23-24(7-2,8-3)9-4)17-15(5)22(14-21-17)18-19-12-10-13-20-18/h6,10,12-14,16H,1,7-9,11H2,2-5H3. The zero-order valence-corrected chi connectivity index (χ0v) is 16.2. The zero-order chi connectivity index (χ0) is 17.6. The highest BCUT2D eigenvalue weighted by Gasteiger charge is 2.33. The lowest BCUT2D eigenvalue weighted by Crippen LogP contribution is -2.37. The van der Waals surface area contributed by atoms with E-state index in [2.05, 4.69) is 42.3 Å². The Kier molecular flexibility index (Phi) is 6.45. The van der Waals surface area contributed by atoms with Gasteiger partial charge in [-0.3, -0.25) is 4.57 Å². The highest BCUT2D eigenvalue weighted by Crippen LogP contribution is 2.33. The maximum atomic E-state index is 6.69. The van der Waals surface area contributed by atoms with Crippen LogP contribution < -0.4 is 0 Å². The van der Waals surface area contributed by atoms with Gasteiger partial charge in [-0.05, 0) is 37.5 Å². The SMILES string of the molecule is C=CCC(O[Si](CC)(CC)CC)c1ncn(-c2ncccn2)c1C. The molecular weight excluding hydrogens is 316 g/mol. The minimum atomic E-state index is -1.72. The van der Waals surface area contributed by atoms with Crippen molar-refractivity contribution in [3.8, 4) is 5.95 Å². The van der Waals surface area contributed by atoms with E-state index < -0.39 is 8.32 Å². The Morgan fingerprint density at radius 1 is 1.17 bits per heavy atom. The molecule has 0 aliphatic rings. The van der Waals surface area contributed by atoms with E-state index in [1.165, 1.54) is 0 Å². The van der Waals surface area contributed by atoms with Gasteiger partial charge in [-0.2, -0.15) is 0 Å². The molecule has 2 heterocycles. The zero-order valence-electron chi connectivity index (χ0n) is 15.2. The number of imidazole rings is 1. The fraction of sp³-hybridized carbons (Fsp3) is 0.500. The number of nitrogens with zero attached hydrogens (tertiary/aromatic N) is 4. The molecule has 2 rings (SSSR count). The third-order valence-corrected chi connectivity index (χ3v) is 9.47. The molecular formula is C18H28N4OSi. The van der Waals surface area contributed by atoms with Gasteiger partial charge in [0.05, 0.1) is 11.8 Å². The van der Waals surface area contributed by atoms with Crippen molar-refractivity contribution < 1.29 is 4.43 Å². The van der Waals surface area contributed by atoms with E-state index in [0.29, 0.717) is 5.95 Å². The number of hydrogen-bond acceptors (Lipinski definition) is 4. The van der Waals surface area contributed by atoms with E-state index in [0.717, 1.165) is 35.9 Å². The summed E-state index contributed by atoms with van der Waals surface area (Å²) in [6.07, 6.45) is 7.90.